The summed E-state index contributed by atoms with van der Waals surface area (Å²) in [6, 6.07) is 20.7. The van der Waals surface area contributed by atoms with Crippen molar-refractivity contribution in [3.63, 3.8) is 0 Å². The van der Waals surface area contributed by atoms with Crippen molar-refractivity contribution in [2.24, 2.45) is 0 Å². The van der Waals surface area contributed by atoms with Crippen LogP contribution in [-0.2, 0) is 4.79 Å². The smallest absolute Gasteiger partial charge is 0.309 e. The molecule has 176 valence electrons. The summed E-state index contributed by atoms with van der Waals surface area (Å²) in [5, 5.41) is 7.66. The third-order valence-electron chi connectivity index (χ3n) is 5.95. The van der Waals surface area contributed by atoms with E-state index < -0.39 is 11.8 Å². The number of esters is 1. The van der Waals surface area contributed by atoms with Gasteiger partial charge in [0, 0.05) is 24.1 Å². The fraction of sp³-hybridized carbons (Fsp3) is 0.179. The van der Waals surface area contributed by atoms with Crippen LogP contribution in [-0.4, -0.2) is 21.7 Å². The number of aromatic nitrogens is 2. The number of halogens is 1. The summed E-state index contributed by atoms with van der Waals surface area (Å²) in [7, 11) is 0. The van der Waals surface area contributed by atoms with Crippen LogP contribution in [0.5, 0.6) is 5.88 Å². The van der Waals surface area contributed by atoms with Gasteiger partial charge in [0.2, 0.25) is 5.88 Å². The number of hydrogen-bond donors (Lipinski definition) is 1. The number of carbonyl (C=O) groups is 2. The average molecular weight is 470 g/mol. The highest BCUT2D eigenvalue weighted by Gasteiger charge is 2.34. The van der Waals surface area contributed by atoms with Crippen molar-refractivity contribution in [3.8, 4) is 22.7 Å². The zero-order chi connectivity index (χ0) is 24.5. The molecule has 0 aliphatic heterocycles. The molecule has 5 rings (SSSR count). The van der Waals surface area contributed by atoms with Crippen LogP contribution in [0, 0.1) is 12.7 Å². The molecule has 0 bridgehead atoms. The molecule has 0 atom stereocenters. The number of nitrogens with one attached hydrogen (secondary N) is 1. The van der Waals surface area contributed by atoms with E-state index >= 15 is 0 Å². The van der Waals surface area contributed by atoms with Crippen molar-refractivity contribution in [2.45, 2.75) is 32.6 Å². The van der Waals surface area contributed by atoms with Crippen molar-refractivity contribution >= 4 is 17.6 Å². The standard InChI is InChI=1S/C28H24FN3O3/c1-17-6-3-4-9-24(17)27(34)30-22-14-12-19(13-15-22)25-26(20-10-11-20)31-32(28(25)35-18(2)33)23-8-5-7-21(29)16-23/h3-9,12-16,20H,10-11H2,1-2H3,(H,30,34). The number of ether oxygens (including phenoxy) is 1. The van der Waals surface area contributed by atoms with E-state index in [2.05, 4.69) is 5.32 Å². The van der Waals surface area contributed by atoms with Crippen LogP contribution in [0.15, 0.2) is 72.8 Å². The molecule has 1 N–H and O–H groups in total. The van der Waals surface area contributed by atoms with E-state index in [0.717, 1.165) is 29.7 Å². The molecule has 7 heteroatoms. The number of hydrogen-bond acceptors (Lipinski definition) is 4. The first-order valence-electron chi connectivity index (χ1n) is 11.5. The van der Waals surface area contributed by atoms with Gasteiger partial charge in [0.15, 0.2) is 0 Å². The van der Waals surface area contributed by atoms with Crippen molar-refractivity contribution in [1.29, 1.82) is 0 Å². The number of nitrogens with zero attached hydrogens (tertiary/aromatic N) is 2. The number of anilines is 1. The minimum atomic E-state index is -0.492. The topological polar surface area (TPSA) is 73.2 Å². The lowest BCUT2D eigenvalue weighted by Gasteiger charge is -2.11. The van der Waals surface area contributed by atoms with Gasteiger partial charge in [-0.25, -0.2) is 4.39 Å². The molecule has 0 saturated heterocycles. The molecule has 35 heavy (non-hydrogen) atoms. The molecule has 0 radical (unpaired) electrons. The second-order valence-corrected chi connectivity index (χ2v) is 8.67. The Balaban J connectivity index is 1.53. The number of rotatable bonds is 6. The Morgan fingerprint density at radius 1 is 1.03 bits per heavy atom. The molecule has 1 heterocycles. The van der Waals surface area contributed by atoms with Gasteiger partial charge in [-0.1, -0.05) is 36.4 Å². The molecule has 4 aromatic rings. The number of carbonyl (C=O) groups excluding carboxylic acids is 2. The van der Waals surface area contributed by atoms with Gasteiger partial charge in [0.05, 0.1) is 16.9 Å². The van der Waals surface area contributed by atoms with Gasteiger partial charge in [-0.05, 0) is 67.3 Å². The zero-order valence-corrected chi connectivity index (χ0v) is 19.4. The lowest BCUT2D eigenvalue weighted by Crippen LogP contribution is -2.13. The Bertz CT molecular complexity index is 1420. The molecule has 6 nitrogen and oxygen atoms in total. The minimum Gasteiger partial charge on any atom is -0.407 e. The maximum absolute atomic E-state index is 14.0. The van der Waals surface area contributed by atoms with Crippen LogP contribution < -0.4 is 10.1 Å². The predicted octanol–water partition coefficient (Wildman–Crippen LogP) is 6.04. The van der Waals surface area contributed by atoms with E-state index in [1.165, 1.54) is 23.7 Å². The summed E-state index contributed by atoms with van der Waals surface area (Å²) in [6.07, 6.45) is 1.97. The summed E-state index contributed by atoms with van der Waals surface area (Å²) >= 11 is 0. The summed E-state index contributed by atoms with van der Waals surface area (Å²) in [5.74, 6) is -0.589. The van der Waals surface area contributed by atoms with Crippen molar-refractivity contribution < 1.29 is 18.7 Å². The number of aryl methyl sites for hydroxylation is 1. The van der Waals surface area contributed by atoms with Crippen molar-refractivity contribution in [1.82, 2.24) is 9.78 Å². The van der Waals surface area contributed by atoms with Gasteiger partial charge in [-0.3, -0.25) is 9.59 Å². The van der Waals surface area contributed by atoms with E-state index in [0.29, 0.717) is 22.5 Å². The Kier molecular flexibility index (Phi) is 5.91. The molecule has 0 unspecified atom stereocenters. The van der Waals surface area contributed by atoms with Crippen LogP contribution in [0.1, 0.15) is 47.3 Å². The fourth-order valence-electron chi connectivity index (χ4n) is 4.09. The third kappa shape index (κ3) is 4.71. The lowest BCUT2D eigenvalue weighted by molar-refractivity contribution is -0.132. The zero-order valence-electron chi connectivity index (χ0n) is 19.4. The molecule has 1 amide bonds. The Morgan fingerprint density at radius 2 is 1.77 bits per heavy atom. The monoisotopic (exact) mass is 469 g/mol. The first-order valence-corrected chi connectivity index (χ1v) is 11.5. The quantitative estimate of drug-likeness (QED) is 0.349. The second kappa shape index (κ2) is 9.18. The van der Waals surface area contributed by atoms with E-state index in [4.69, 9.17) is 9.84 Å². The molecule has 0 spiro atoms. The highest BCUT2D eigenvalue weighted by Crippen LogP contribution is 2.48. The summed E-state index contributed by atoms with van der Waals surface area (Å²) in [5.41, 5.74) is 4.91. The molecule has 3 aromatic carbocycles. The molecule has 1 fully saturated rings. The van der Waals surface area contributed by atoms with Crippen molar-refractivity contribution in [3.05, 3.63) is 95.4 Å². The highest BCUT2D eigenvalue weighted by atomic mass is 19.1. The molecule has 1 aliphatic rings. The predicted molar refractivity (Wildman–Crippen MR) is 131 cm³/mol. The van der Waals surface area contributed by atoms with E-state index in [1.54, 1.807) is 30.3 Å². The number of amides is 1. The van der Waals surface area contributed by atoms with Gasteiger partial charge in [-0.2, -0.15) is 9.78 Å². The van der Waals surface area contributed by atoms with Crippen LogP contribution >= 0.6 is 0 Å². The van der Waals surface area contributed by atoms with Crippen molar-refractivity contribution in [2.75, 3.05) is 5.32 Å². The maximum Gasteiger partial charge on any atom is 0.309 e. The Labute approximate surface area is 202 Å². The minimum absolute atomic E-state index is 0.186. The lowest BCUT2D eigenvalue weighted by atomic mass is 10.0. The van der Waals surface area contributed by atoms with Crippen LogP contribution in [0.2, 0.25) is 0 Å². The highest BCUT2D eigenvalue weighted by molar-refractivity contribution is 6.05. The van der Waals surface area contributed by atoms with Gasteiger partial charge in [0.1, 0.15) is 5.82 Å². The van der Waals surface area contributed by atoms with Crippen LogP contribution in [0.25, 0.3) is 16.8 Å². The van der Waals surface area contributed by atoms with Gasteiger partial charge in [-0.15, -0.1) is 0 Å². The normalized spacial score (nSPS) is 12.9. The summed E-state index contributed by atoms with van der Waals surface area (Å²) in [4.78, 5) is 24.7. The Hall–Kier alpha value is -4.26. The fourth-order valence-corrected chi connectivity index (χ4v) is 4.09. The average Bonchev–Trinajstić information content (AvgIpc) is 3.61. The molecule has 1 aliphatic carbocycles. The molecule has 1 saturated carbocycles. The summed E-state index contributed by atoms with van der Waals surface area (Å²) < 4.78 is 21.1. The number of benzene rings is 3. The largest absolute Gasteiger partial charge is 0.407 e. The third-order valence-corrected chi connectivity index (χ3v) is 5.95. The first-order chi connectivity index (χ1) is 16.9. The molecular formula is C28H24FN3O3. The molecule has 1 aromatic heterocycles. The van der Waals surface area contributed by atoms with Gasteiger partial charge >= 0.3 is 5.97 Å². The van der Waals surface area contributed by atoms with Gasteiger partial charge < -0.3 is 10.1 Å². The summed E-state index contributed by atoms with van der Waals surface area (Å²) in [6.45, 7) is 3.22. The SMILES string of the molecule is CC(=O)Oc1c(-c2ccc(NC(=O)c3ccccc3C)cc2)c(C2CC2)nn1-c1cccc(F)c1. The van der Waals surface area contributed by atoms with Crippen LogP contribution in [0.3, 0.4) is 0 Å². The van der Waals surface area contributed by atoms with E-state index in [-0.39, 0.29) is 17.7 Å². The van der Waals surface area contributed by atoms with Gasteiger partial charge in [0.25, 0.3) is 5.91 Å². The molecular weight excluding hydrogens is 445 g/mol. The maximum atomic E-state index is 14.0. The van der Waals surface area contributed by atoms with E-state index in [1.807, 2.05) is 37.3 Å². The Morgan fingerprint density at radius 3 is 2.43 bits per heavy atom. The van der Waals surface area contributed by atoms with Crippen LogP contribution in [0.4, 0.5) is 10.1 Å². The second-order valence-electron chi connectivity index (χ2n) is 8.67. The van der Waals surface area contributed by atoms with E-state index in [9.17, 15) is 14.0 Å². The first kappa shape index (κ1) is 22.5.